The highest BCUT2D eigenvalue weighted by Gasteiger charge is 2.49. The number of aliphatic imine (C=N–C) groups is 1. The lowest BCUT2D eigenvalue weighted by molar-refractivity contribution is -0.157. The molecule has 3 rings (SSSR count). The maximum absolute atomic E-state index is 12.8. The zero-order valence-electron chi connectivity index (χ0n) is 15.5. The summed E-state index contributed by atoms with van der Waals surface area (Å²) in [5.74, 6) is -2.42. The molecule has 5 heteroatoms. The molecule has 0 aliphatic carbocycles. The van der Waals surface area contributed by atoms with E-state index >= 15 is 0 Å². The summed E-state index contributed by atoms with van der Waals surface area (Å²) in [6.07, 6.45) is 0. The first-order valence-corrected chi connectivity index (χ1v) is 9.18. The van der Waals surface area contributed by atoms with E-state index in [0.717, 1.165) is 11.1 Å². The van der Waals surface area contributed by atoms with Crippen LogP contribution in [0.3, 0.4) is 0 Å². The summed E-state index contributed by atoms with van der Waals surface area (Å²) < 4.78 is 10.6. The van der Waals surface area contributed by atoms with Gasteiger partial charge in [-0.15, -0.1) is 0 Å². The minimum atomic E-state index is -0.795. The third-order valence-corrected chi connectivity index (χ3v) is 4.58. The molecule has 0 spiro atoms. The Morgan fingerprint density at radius 1 is 0.852 bits per heavy atom. The largest absolute Gasteiger partial charge is 0.466 e. The fraction of sp³-hybridized carbons (Fsp3) is 0.318. The Bertz CT molecular complexity index is 817. The van der Waals surface area contributed by atoms with Crippen LogP contribution in [0, 0.1) is 11.8 Å². The smallest absolute Gasteiger partial charge is 0.316 e. The lowest BCUT2D eigenvalue weighted by atomic mass is 9.82. The first kappa shape index (κ1) is 18.8. The number of esters is 2. The highest BCUT2D eigenvalue weighted by molar-refractivity contribution is 6.15. The van der Waals surface area contributed by atoms with Crippen LogP contribution in [0.25, 0.3) is 0 Å². The lowest BCUT2D eigenvalue weighted by Crippen LogP contribution is -2.36. The van der Waals surface area contributed by atoms with Crippen molar-refractivity contribution in [1.29, 1.82) is 0 Å². The molecule has 0 saturated carbocycles. The number of hydrogen-bond donors (Lipinski definition) is 0. The first-order valence-electron chi connectivity index (χ1n) is 9.18. The topological polar surface area (TPSA) is 65.0 Å². The molecule has 1 heterocycles. The van der Waals surface area contributed by atoms with E-state index in [1.807, 2.05) is 60.7 Å². The van der Waals surface area contributed by atoms with E-state index in [9.17, 15) is 9.59 Å². The molecule has 0 aromatic heterocycles. The van der Waals surface area contributed by atoms with E-state index in [1.165, 1.54) is 0 Å². The van der Waals surface area contributed by atoms with Gasteiger partial charge >= 0.3 is 11.9 Å². The molecule has 1 aliphatic rings. The zero-order chi connectivity index (χ0) is 19.2. The minimum absolute atomic E-state index is 0.239. The summed E-state index contributed by atoms with van der Waals surface area (Å²) in [6.45, 7) is 3.99. The minimum Gasteiger partial charge on any atom is -0.466 e. The van der Waals surface area contributed by atoms with Crippen LogP contribution in [0.5, 0.6) is 0 Å². The zero-order valence-corrected chi connectivity index (χ0v) is 15.5. The monoisotopic (exact) mass is 365 g/mol. The predicted octanol–water partition coefficient (Wildman–Crippen LogP) is 3.59. The molecule has 27 heavy (non-hydrogen) atoms. The van der Waals surface area contributed by atoms with Crippen molar-refractivity contribution in [3.8, 4) is 0 Å². The van der Waals surface area contributed by atoms with Crippen LogP contribution in [0.1, 0.15) is 31.0 Å². The Labute approximate surface area is 159 Å². The number of rotatable bonds is 6. The quantitative estimate of drug-likeness (QED) is 0.734. The molecular weight excluding hydrogens is 342 g/mol. The molecular formula is C22H23NO4. The van der Waals surface area contributed by atoms with Gasteiger partial charge in [0, 0.05) is 0 Å². The number of carbonyl (C=O) groups excluding carboxylic acids is 2. The van der Waals surface area contributed by atoms with Crippen molar-refractivity contribution in [1.82, 2.24) is 0 Å². The lowest BCUT2D eigenvalue weighted by Gasteiger charge is -2.22. The highest BCUT2D eigenvalue weighted by atomic mass is 16.5. The molecule has 0 unspecified atom stereocenters. The Kier molecular flexibility index (Phi) is 6.01. The molecule has 0 saturated heterocycles. The van der Waals surface area contributed by atoms with Crippen LogP contribution >= 0.6 is 0 Å². The third kappa shape index (κ3) is 3.92. The van der Waals surface area contributed by atoms with Crippen molar-refractivity contribution >= 4 is 17.7 Å². The van der Waals surface area contributed by atoms with E-state index in [2.05, 4.69) is 0 Å². The van der Waals surface area contributed by atoms with E-state index < -0.39 is 29.8 Å². The molecule has 0 N–H and O–H groups in total. The van der Waals surface area contributed by atoms with Gasteiger partial charge < -0.3 is 9.47 Å². The van der Waals surface area contributed by atoms with Crippen molar-refractivity contribution in [2.24, 2.45) is 16.8 Å². The second-order valence-electron chi connectivity index (χ2n) is 6.24. The molecule has 3 atom stereocenters. The van der Waals surface area contributed by atoms with E-state index in [4.69, 9.17) is 14.5 Å². The third-order valence-electron chi connectivity index (χ3n) is 4.58. The average molecular weight is 365 g/mol. The normalized spacial score (nSPS) is 21.4. The van der Waals surface area contributed by atoms with Crippen molar-refractivity contribution in [2.75, 3.05) is 13.2 Å². The Balaban J connectivity index is 2.11. The second kappa shape index (κ2) is 8.62. The van der Waals surface area contributed by atoms with Crippen LogP contribution < -0.4 is 0 Å². The fourth-order valence-electron chi connectivity index (χ4n) is 3.45. The molecule has 1 aliphatic heterocycles. The average Bonchev–Trinajstić information content (AvgIpc) is 3.10. The van der Waals surface area contributed by atoms with Crippen LogP contribution in [0.15, 0.2) is 65.7 Å². The van der Waals surface area contributed by atoms with Crippen LogP contribution in [0.4, 0.5) is 0 Å². The Morgan fingerprint density at radius 3 is 2.00 bits per heavy atom. The summed E-state index contributed by atoms with van der Waals surface area (Å²) in [7, 11) is 0. The molecule has 0 bridgehead atoms. The Hall–Kier alpha value is -2.95. The van der Waals surface area contributed by atoms with E-state index in [-0.39, 0.29) is 13.2 Å². The van der Waals surface area contributed by atoms with Crippen molar-refractivity contribution in [3.05, 3.63) is 71.8 Å². The summed E-state index contributed by atoms with van der Waals surface area (Å²) in [6, 6.07) is 18.5. The maximum Gasteiger partial charge on any atom is 0.316 e. The number of nitrogens with zero attached hydrogens (tertiary/aromatic N) is 1. The van der Waals surface area contributed by atoms with E-state index in [1.54, 1.807) is 13.8 Å². The second-order valence-corrected chi connectivity index (χ2v) is 6.24. The van der Waals surface area contributed by atoms with Gasteiger partial charge in [-0.3, -0.25) is 14.6 Å². The number of benzene rings is 2. The number of hydrogen-bond acceptors (Lipinski definition) is 5. The maximum atomic E-state index is 12.8. The van der Waals surface area contributed by atoms with E-state index in [0.29, 0.717) is 5.71 Å². The predicted molar refractivity (Wildman–Crippen MR) is 102 cm³/mol. The van der Waals surface area contributed by atoms with Crippen molar-refractivity contribution in [3.63, 3.8) is 0 Å². The standard InChI is InChI=1S/C22H23NO4/c1-3-26-21(24)17-18(22(25)27-4-2)20(16-13-9-6-10-14-16)23-19(17)15-11-7-5-8-12-15/h5-14,17-19H,3-4H2,1-2H3/t17-,18-,19-/m1/s1. The van der Waals surface area contributed by atoms with Crippen LogP contribution in [0.2, 0.25) is 0 Å². The van der Waals surface area contributed by atoms with Gasteiger partial charge in [-0.1, -0.05) is 60.7 Å². The van der Waals surface area contributed by atoms with Gasteiger partial charge in [0.1, 0.15) is 11.8 Å². The van der Waals surface area contributed by atoms with Crippen molar-refractivity contribution < 1.29 is 19.1 Å². The number of ether oxygens (including phenoxy) is 2. The van der Waals surface area contributed by atoms with Crippen LogP contribution in [-0.2, 0) is 19.1 Å². The fourth-order valence-corrected chi connectivity index (χ4v) is 3.45. The summed E-state index contributed by atoms with van der Waals surface area (Å²) >= 11 is 0. The Morgan fingerprint density at radius 2 is 1.41 bits per heavy atom. The van der Waals surface area contributed by atoms with Gasteiger partial charge in [-0.05, 0) is 25.0 Å². The van der Waals surface area contributed by atoms with Gasteiger partial charge in [0.2, 0.25) is 0 Å². The molecule has 0 fully saturated rings. The first-order chi connectivity index (χ1) is 13.2. The van der Waals surface area contributed by atoms with Gasteiger partial charge in [-0.2, -0.15) is 0 Å². The van der Waals surface area contributed by atoms with Gasteiger partial charge in [0.15, 0.2) is 0 Å². The molecule has 0 amide bonds. The molecule has 5 nitrogen and oxygen atoms in total. The van der Waals surface area contributed by atoms with Gasteiger partial charge in [-0.25, -0.2) is 0 Å². The molecule has 140 valence electrons. The SMILES string of the molecule is CCOC(=O)[C@H]1C(c2ccccc2)=N[C@H](c2ccccc2)[C@@H]1C(=O)OCC. The summed E-state index contributed by atoms with van der Waals surface area (Å²) in [5, 5.41) is 0. The van der Waals surface area contributed by atoms with Crippen molar-refractivity contribution in [2.45, 2.75) is 19.9 Å². The molecule has 0 radical (unpaired) electrons. The molecule has 2 aromatic rings. The number of carbonyl (C=O) groups is 2. The molecule has 2 aromatic carbocycles. The van der Waals surface area contributed by atoms with Gasteiger partial charge in [0.25, 0.3) is 0 Å². The van der Waals surface area contributed by atoms with Gasteiger partial charge in [0.05, 0.1) is 25.0 Å². The van der Waals surface area contributed by atoms with Crippen LogP contribution in [-0.4, -0.2) is 30.9 Å². The summed E-state index contributed by atoms with van der Waals surface area (Å²) in [5.41, 5.74) is 2.25. The summed E-state index contributed by atoms with van der Waals surface area (Å²) in [4.78, 5) is 30.4. The highest BCUT2D eigenvalue weighted by Crippen LogP contribution is 2.41.